The molecular weight excluding hydrogens is 538 g/mol. The average Bonchev–Trinajstić information content (AvgIpc) is 3.45. The van der Waals surface area contributed by atoms with Gasteiger partial charge in [-0.3, -0.25) is 9.36 Å². The molecule has 206 valence electrons. The van der Waals surface area contributed by atoms with Crippen LogP contribution in [0.2, 0.25) is 0 Å². The minimum absolute atomic E-state index is 0.0887. The number of hydrogen-bond donors (Lipinski definition) is 1. The number of amides is 1. The van der Waals surface area contributed by atoms with Crippen LogP contribution < -0.4 is 19.6 Å². The van der Waals surface area contributed by atoms with Crippen molar-refractivity contribution in [3.05, 3.63) is 109 Å². The molecule has 5 rings (SSSR count). The molecule has 0 atom stereocenters. The molecule has 4 aromatic carbocycles. The molecule has 0 unspecified atom stereocenters. The largest absolute Gasteiger partial charge is 0.497 e. The van der Waals surface area contributed by atoms with Crippen molar-refractivity contribution in [3.8, 4) is 40.1 Å². The lowest BCUT2D eigenvalue weighted by atomic mass is 10.2. The molecule has 0 aliphatic rings. The van der Waals surface area contributed by atoms with Crippen LogP contribution in [0.1, 0.15) is 5.56 Å². The lowest BCUT2D eigenvalue weighted by Gasteiger charge is -2.11. The first-order chi connectivity index (χ1) is 20.1. The minimum atomic E-state index is -0.279. The molecule has 0 spiro atoms. The molecule has 1 amide bonds. The molecular formula is C31H27N5O4S. The maximum Gasteiger partial charge on any atom is 0.250 e. The predicted molar refractivity (Wildman–Crippen MR) is 159 cm³/mol. The minimum Gasteiger partial charge on any atom is -0.497 e. The molecule has 0 bridgehead atoms. The first kappa shape index (κ1) is 27.5. The fourth-order valence-corrected chi connectivity index (χ4v) is 4.62. The van der Waals surface area contributed by atoms with Crippen LogP contribution in [0.5, 0.6) is 23.0 Å². The van der Waals surface area contributed by atoms with Crippen LogP contribution in [-0.2, 0) is 4.79 Å². The normalized spacial score (nSPS) is 10.9. The monoisotopic (exact) mass is 565 g/mol. The van der Waals surface area contributed by atoms with E-state index in [0.717, 1.165) is 34.1 Å². The van der Waals surface area contributed by atoms with E-state index in [1.807, 2.05) is 108 Å². The van der Waals surface area contributed by atoms with Gasteiger partial charge in [-0.1, -0.05) is 42.1 Å². The Balaban J connectivity index is 1.26. The molecule has 0 saturated carbocycles. The van der Waals surface area contributed by atoms with Crippen molar-refractivity contribution < 1.29 is 19.0 Å². The number of hydrogen-bond acceptors (Lipinski definition) is 8. The molecule has 0 aliphatic carbocycles. The third-order valence-electron chi connectivity index (χ3n) is 5.88. The smallest absolute Gasteiger partial charge is 0.250 e. The molecule has 41 heavy (non-hydrogen) atoms. The van der Waals surface area contributed by atoms with E-state index in [4.69, 9.17) is 14.2 Å². The number of nitrogens with zero attached hydrogens (tertiary/aromatic N) is 4. The Morgan fingerprint density at radius 3 is 2.22 bits per heavy atom. The van der Waals surface area contributed by atoms with Crippen molar-refractivity contribution in [1.82, 2.24) is 20.2 Å². The Morgan fingerprint density at radius 1 is 0.829 bits per heavy atom. The van der Waals surface area contributed by atoms with Gasteiger partial charge in [0.1, 0.15) is 23.0 Å². The van der Waals surface area contributed by atoms with E-state index in [2.05, 4.69) is 20.7 Å². The number of carbonyl (C=O) groups excluding carboxylic acids is 1. The SMILES string of the molecule is COc1ccc(-c2nnc(SCC(=O)N/N=C\c3cccc(Oc4ccccc4)c3)n2-c2ccc(OC)cc2)cc1. The van der Waals surface area contributed by atoms with Crippen LogP contribution in [0, 0.1) is 0 Å². The van der Waals surface area contributed by atoms with Gasteiger partial charge in [0.25, 0.3) is 5.91 Å². The quantitative estimate of drug-likeness (QED) is 0.119. The molecule has 1 heterocycles. The Morgan fingerprint density at radius 2 is 1.51 bits per heavy atom. The number of para-hydroxylation sites is 1. The number of nitrogens with one attached hydrogen (secondary N) is 1. The molecule has 0 saturated heterocycles. The van der Waals surface area contributed by atoms with Gasteiger partial charge in [0.05, 0.1) is 26.2 Å². The molecule has 1 aromatic heterocycles. The fourth-order valence-electron chi connectivity index (χ4n) is 3.88. The Kier molecular flexibility index (Phi) is 8.92. The lowest BCUT2D eigenvalue weighted by Crippen LogP contribution is -2.20. The van der Waals surface area contributed by atoms with Gasteiger partial charge in [-0.25, -0.2) is 5.43 Å². The van der Waals surface area contributed by atoms with E-state index in [9.17, 15) is 4.79 Å². The van der Waals surface area contributed by atoms with Crippen LogP contribution in [0.15, 0.2) is 113 Å². The highest BCUT2D eigenvalue weighted by Gasteiger charge is 2.17. The number of rotatable bonds is 11. The first-order valence-corrected chi connectivity index (χ1v) is 13.6. The molecule has 0 radical (unpaired) electrons. The average molecular weight is 566 g/mol. The summed E-state index contributed by atoms with van der Waals surface area (Å²) < 4.78 is 18.4. The third-order valence-corrected chi connectivity index (χ3v) is 6.81. The number of hydrazone groups is 1. The van der Waals surface area contributed by atoms with E-state index >= 15 is 0 Å². The number of ether oxygens (including phenoxy) is 3. The molecule has 5 aromatic rings. The highest BCUT2D eigenvalue weighted by molar-refractivity contribution is 7.99. The second-order valence-electron chi connectivity index (χ2n) is 8.64. The van der Waals surface area contributed by atoms with Gasteiger partial charge in [0.2, 0.25) is 0 Å². The summed E-state index contributed by atoms with van der Waals surface area (Å²) in [5, 5.41) is 13.5. The molecule has 10 heteroatoms. The van der Waals surface area contributed by atoms with Gasteiger partial charge < -0.3 is 14.2 Å². The zero-order chi connectivity index (χ0) is 28.4. The summed E-state index contributed by atoms with van der Waals surface area (Å²) in [4.78, 5) is 12.6. The Bertz CT molecular complexity index is 1620. The summed E-state index contributed by atoms with van der Waals surface area (Å²) in [6.45, 7) is 0. The zero-order valence-corrected chi connectivity index (χ0v) is 23.2. The second kappa shape index (κ2) is 13.3. The van der Waals surface area contributed by atoms with Crippen LogP contribution in [-0.4, -0.2) is 46.9 Å². The number of carbonyl (C=O) groups is 1. The van der Waals surface area contributed by atoms with Gasteiger partial charge in [-0.2, -0.15) is 5.10 Å². The molecule has 0 aliphatic heterocycles. The number of benzene rings is 4. The lowest BCUT2D eigenvalue weighted by molar-refractivity contribution is -0.118. The van der Waals surface area contributed by atoms with Gasteiger partial charge in [-0.05, 0) is 78.4 Å². The van der Waals surface area contributed by atoms with Crippen LogP contribution in [0.3, 0.4) is 0 Å². The van der Waals surface area contributed by atoms with Crippen molar-refractivity contribution >= 4 is 23.9 Å². The van der Waals surface area contributed by atoms with Crippen molar-refractivity contribution in [2.45, 2.75) is 5.16 Å². The Labute approximate surface area is 241 Å². The summed E-state index contributed by atoms with van der Waals surface area (Å²) in [7, 11) is 3.24. The molecule has 1 N–H and O–H groups in total. The van der Waals surface area contributed by atoms with Crippen LogP contribution in [0.25, 0.3) is 17.1 Å². The van der Waals surface area contributed by atoms with Gasteiger partial charge >= 0.3 is 0 Å². The summed E-state index contributed by atoms with van der Waals surface area (Å²) in [5.74, 6) is 3.33. The number of aromatic nitrogens is 3. The standard InChI is InChI=1S/C31H27N5O4S/c1-38-25-15-11-23(12-16-25)30-34-35-31(36(30)24-13-17-26(39-2)18-14-24)41-21-29(37)33-32-20-22-7-6-10-28(19-22)40-27-8-4-3-5-9-27/h3-20H,21H2,1-2H3,(H,33,37)/b32-20-. The van der Waals surface area contributed by atoms with Crippen molar-refractivity contribution in [2.75, 3.05) is 20.0 Å². The van der Waals surface area contributed by atoms with Crippen LogP contribution in [0.4, 0.5) is 0 Å². The fraction of sp³-hybridized carbons (Fsp3) is 0.0968. The number of methoxy groups -OCH3 is 2. The van der Waals surface area contributed by atoms with Gasteiger partial charge in [0, 0.05) is 11.3 Å². The second-order valence-corrected chi connectivity index (χ2v) is 9.58. The predicted octanol–water partition coefficient (Wildman–Crippen LogP) is 5.99. The van der Waals surface area contributed by atoms with Gasteiger partial charge in [0.15, 0.2) is 11.0 Å². The molecule has 0 fully saturated rings. The van der Waals surface area contributed by atoms with E-state index in [-0.39, 0.29) is 11.7 Å². The third kappa shape index (κ3) is 7.11. The summed E-state index contributed by atoms with van der Waals surface area (Å²) in [6, 6.07) is 32.1. The first-order valence-electron chi connectivity index (χ1n) is 12.6. The topological polar surface area (TPSA) is 99.9 Å². The maximum absolute atomic E-state index is 12.6. The van der Waals surface area contributed by atoms with E-state index < -0.39 is 0 Å². The maximum atomic E-state index is 12.6. The van der Waals surface area contributed by atoms with Crippen molar-refractivity contribution in [3.63, 3.8) is 0 Å². The van der Waals surface area contributed by atoms with E-state index in [0.29, 0.717) is 16.7 Å². The zero-order valence-electron chi connectivity index (χ0n) is 22.4. The van der Waals surface area contributed by atoms with E-state index in [1.165, 1.54) is 11.8 Å². The summed E-state index contributed by atoms with van der Waals surface area (Å²) >= 11 is 1.26. The Hall–Kier alpha value is -5.09. The van der Waals surface area contributed by atoms with Crippen molar-refractivity contribution in [1.29, 1.82) is 0 Å². The van der Waals surface area contributed by atoms with Crippen LogP contribution >= 0.6 is 11.8 Å². The highest BCUT2D eigenvalue weighted by Crippen LogP contribution is 2.30. The number of thioether (sulfide) groups is 1. The summed E-state index contributed by atoms with van der Waals surface area (Å²) in [6.07, 6.45) is 1.57. The van der Waals surface area contributed by atoms with Gasteiger partial charge in [-0.15, -0.1) is 10.2 Å². The highest BCUT2D eigenvalue weighted by atomic mass is 32.2. The molecule has 9 nitrogen and oxygen atoms in total. The van der Waals surface area contributed by atoms with E-state index in [1.54, 1.807) is 20.4 Å². The van der Waals surface area contributed by atoms with Crippen molar-refractivity contribution in [2.24, 2.45) is 5.10 Å². The summed E-state index contributed by atoms with van der Waals surface area (Å²) in [5.41, 5.74) is 5.05.